The quantitative estimate of drug-likeness (QED) is 0.229. The summed E-state index contributed by atoms with van der Waals surface area (Å²) in [5.41, 5.74) is 0. The summed E-state index contributed by atoms with van der Waals surface area (Å²) >= 11 is 0. The fourth-order valence-electron chi connectivity index (χ4n) is 2.32. The van der Waals surface area contributed by atoms with Crippen LogP contribution in [-0.4, -0.2) is 25.3 Å². The third-order valence-corrected chi connectivity index (χ3v) is 3.67. The van der Waals surface area contributed by atoms with Crippen molar-refractivity contribution < 1.29 is 14.3 Å². The van der Waals surface area contributed by atoms with E-state index in [1.165, 1.54) is 0 Å². The number of hydrogen-bond acceptors (Lipinski definition) is 3. The minimum Gasteiger partial charge on any atom is -0.464 e. The molecule has 0 aromatic heterocycles. The number of carbonyl (C=O) groups is 1. The first kappa shape index (κ1) is 25.1. The van der Waals surface area contributed by atoms with Crippen molar-refractivity contribution >= 4 is 5.97 Å². The lowest BCUT2D eigenvalue weighted by Crippen LogP contribution is -2.26. The van der Waals surface area contributed by atoms with Gasteiger partial charge in [0.15, 0.2) is 6.10 Å². The molecule has 3 nitrogen and oxygen atoms in total. The first-order valence-corrected chi connectivity index (χ1v) is 10.3. The second-order valence-corrected chi connectivity index (χ2v) is 5.98. The van der Waals surface area contributed by atoms with Crippen LogP contribution in [0.4, 0.5) is 0 Å². The van der Waals surface area contributed by atoms with Gasteiger partial charge >= 0.3 is 5.97 Å². The van der Waals surface area contributed by atoms with E-state index in [9.17, 15) is 4.79 Å². The number of hydrogen-bond donors (Lipinski definition) is 0. The third kappa shape index (κ3) is 17.3. The monoisotopic (exact) mass is 374 g/mol. The Kier molecular flexibility index (Phi) is 19.0. The molecule has 0 aliphatic rings. The molecule has 0 heterocycles. The largest absolute Gasteiger partial charge is 0.464 e. The predicted octanol–water partition coefficient (Wildman–Crippen LogP) is 6.49. The van der Waals surface area contributed by atoms with Gasteiger partial charge in [0, 0.05) is 6.61 Å². The Balaban J connectivity index is 3.78. The van der Waals surface area contributed by atoms with Gasteiger partial charge in [-0.15, -0.1) is 0 Å². The van der Waals surface area contributed by atoms with Crippen LogP contribution in [0.25, 0.3) is 0 Å². The van der Waals surface area contributed by atoms with Gasteiger partial charge in [0.1, 0.15) is 0 Å². The molecule has 0 N–H and O–H groups in total. The second kappa shape index (κ2) is 20.4. The van der Waals surface area contributed by atoms with Gasteiger partial charge in [-0.25, -0.2) is 4.79 Å². The van der Waals surface area contributed by atoms with E-state index in [1.807, 2.05) is 13.8 Å². The lowest BCUT2D eigenvalue weighted by Gasteiger charge is -2.14. The van der Waals surface area contributed by atoms with Crippen LogP contribution in [0.3, 0.4) is 0 Å². The molecule has 0 bridgehead atoms. The summed E-state index contributed by atoms with van der Waals surface area (Å²) in [7, 11) is 0. The van der Waals surface area contributed by atoms with E-state index < -0.39 is 6.10 Å². The van der Waals surface area contributed by atoms with E-state index in [4.69, 9.17) is 9.47 Å². The zero-order valence-electron chi connectivity index (χ0n) is 17.4. The Bertz CT molecular complexity index is 484. The van der Waals surface area contributed by atoms with Gasteiger partial charge in [-0.3, -0.25) is 0 Å². The molecular formula is C24H38O3. The number of ether oxygens (including phenoxy) is 2. The zero-order chi connectivity index (χ0) is 20.0. The summed E-state index contributed by atoms with van der Waals surface area (Å²) in [6, 6.07) is 0. The molecule has 0 aromatic rings. The second-order valence-electron chi connectivity index (χ2n) is 5.98. The lowest BCUT2D eigenvalue weighted by atomic mass is 10.2. The van der Waals surface area contributed by atoms with Crippen LogP contribution >= 0.6 is 0 Å². The molecule has 0 radical (unpaired) electrons. The van der Waals surface area contributed by atoms with Crippen molar-refractivity contribution in [2.75, 3.05) is 13.2 Å². The van der Waals surface area contributed by atoms with Gasteiger partial charge < -0.3 is 9.47 Å². The topological polar surface area (TPSA) is 35.5 Å². The molecule has 0 rings (SSSR count). The molecule has 0 aliphatic heterocycles. The highest BCUT2D eigenvalue weighted by Gasteiger charge is 2.18. The molecular weight excluding hydrogens is 336 g/mol. The highest BCUT2D eigenvalue weighted by atomic mass is 16.6. The number of esters is 1. The van der Waals surface area contributed by atoms with Crippen molar-refractivity contribution in [2.45, 2.75) is 71.8 Å². The van der Waals surface area contributed by atoms with E-state index in [2.05, 4.69) is 67.7 Å². The van der Waals surface area contributed by atoms with Crippen LogP contribution in [0.1, 0.15) is 65.7 Å². The molecule has 0 fully saturated rings. The molecule has 27 heavy (non-hydrogen) atoms. The molecule has 0 amide bonds. The molecule has 0 aliphatic carbocycles. The lowest BCUT2D eigenvalue weighted by molar-refractivity contribution is -0.156. The average molecular weight is 375 g/mol. The van der Waals surface area contributed by atoms with Crippen molar-refractivity contribution in [1.82, 2.24) is 0 Å². The van der Waals surface area contributed by atoms with Crippen LogP contribution in [-0.2, 0) is 14.3 Å². The SMILES string of the molecule is CC/C=C\C/C=C\C/C=C\C/C=C\C/C=C\CCC(OCC)C(=O)OCC. The summed E-state index contributed by atoms with van der Waals surface area (Å²) in [6.45, 7) is 6.77. The number of carbonyl (C=O) groups excluding carboxylic acids is 1. The predicted molar refractivity (Wildman–Crippen MR) is 116 cm³/mol. The van der Waals surface area contributed by atoms with E-state index in [0.717, 1.165) is 38.5 Å². The molecule has 0 saturated heterocycles. The molecule has 1 unspecified atom stereocenters. The summed E-state index contributed by atoms with van der Waals surface area (Å²) in [4.78, 5) is 11.7. The number of allylic oxidation sites excluding steroid dienone is 10. The van der Waals surface area contributed by atoms with Crippen molar-refractivity contribution in [3.05, 3.63) is 60.8 Å². The first-order valence-electron chi connectivity index (χ1n) is 10.3. The van der Waals surface area contributed by atoms with Gasteiger partial charge in [0.25, 0.3) is 0 Å². The van der Waals surface area contributed by atoms with Crippen LogP contribution < -0.4 is 0 Å². The minimum absolute atomic E-state index is 0.258. The fourth-order valence-corrected chi connectivity index (χ4v) is 2.32. The van der Waals surface area contributed by atoms with Gasteiger partial charge in [0.05, 0.1) is 6.61 Å². The first-order chi connectivity index (χ1) is 13.3. The zero-order valence-corrected chi connectivity index (χ0v) is 17.4. The van der Waals surface area contributed by atoms with Gasteiger partial charge in [-0.05, 0) is 58.8 Å². The summed E-state index contributed by atoms with van der Waals surface area (Å²) in [6.07, 6.45) is 27.8. The van der Waals surface area contributed by atoms with E-state index in [-0.39, 0.29) is 5.97 Å². The standard InChI is InChI=1S/C24H38O3/c1-4-7-8-9-10-11-12-13-14-15-16-17-18-19-20-21-22-23(26-5-2)24(25)27-6-3/h7-8,10-11,13-14,16-17,19-20,23H,4-6,9,12,15,18,21-22H2,1-3H3/b8-7-,11-10-,14-13-,17-16-,20-19-. The van der Waals surface area contributed by atoms with E-state index in [0.29, 0.717) is 19.6 Å². The summed E-state index contributed by atoms with van der Waals surface area (Å²) in [5.74, 6) is -0.258. The third-order valence-electron chi connectivity index (χ3n) is 3.67. The van der Waals surface area contributed by atoms with Crippen molar-refractivity contribution in [3.63, 3.8) is 0 Å². The Hall–Kier alpha value is -1.87. The van der Waals surface area contributed by atoms with Gasteiger partial charge in [0.2, 0.25) is 0 Å². The minimum atomic E-state index is -0.447. The Morgan fingerprint density at radius 2 is 1.19 bits per heavy atom. The smallest absolute Gasteiger partial charge is 0.335 e. The molecule has 3 heteroatoms. The van der Waals surface area contributed by atoms with Crippen molar-refractivity contribution in [3.8, 4) is 0 Å². The van der Waals surface area contributed by atoms with E-state index >= 15 is 0 Å². The average Bonchev–Trinajstić information content (AvgIpc) is 2.67. The molecule has 0 spiro atoms. The molecule has 0 saturated carbocycles. The van der Waals surface area contributed by atoms with Gasteiger partial charge in [-0.2, -0.15) is 0 Å². The molecule has 152 valence electrons. The summed E-state index contributed by atoms with van der Waals surface area (Å²) < 4.78 is 10.5. The number of rotatable bonds is 16. The maximum Gasteiger partial charge on any atom is 0.335 e. The Morgan fingerprint density at radius 3 is 1.63 bits per heavy atom. The van der Waals surface area contributed by atoms with Crippen LogP contribution in [0.5, 0.6) is 0 Å². The highest BCUT2D eigenvalue weighted by molar-refractivity contribution is 5.74. The van der Waals surface area contributed by atoms with E-state index in [1.54, 1.807) is 0 Å². The fraction of sp³-hybridized carbons (Fsp3) is 0.542. The molecule has 1 atom stereocenters. The summed E-state index contributed by atoms with van der Waals surface area (Å²) in [5, 5.41) is 0. The van der Waals surface area contributed by atoms with Gasteiger partial charge in [-0.1, -0.05) is 67.7 Å². The van der Waals surface area contributed by atoms with Crippen molar-refractivity contribution in [1.29, 1.82) is 0 Å². The normalized spacial score (nSPS) is 13.7. The maximum absolute atomic E-state index is 11.7. The van der Waals surface area contributed by atoms with Crippen molar-refractivity contribution in [2.24, 2.45) is 0 Å². The van der Waals surface area contributed by atoms with Crippen LogP contribution in [0, 0.1) is 0 Å². The molecule has 0 aromatic carbocycles. The Labute approximate surface area is 166 Å². The maximum atomic E-state index is 11.7. The Morgan fingerprint density at radius 1 is 0.704 bits per heavy atom. The van der Waals surface area contributed by atoms with Crippen LogP contribution in [0.2, 0.25) is 0 Å². The highest BCUT2D eigenvalue weighted by Crippen LogP contribution is 2.06. The van der Waals surface area contributed by atoms with Crippen LogP contribution in [0.15, 0.2) is 60.8 Å².